The predicted octanol–water partition coefficient (Wildman–Crippen LogP) is 1.51. The summed E-state index contributed by atoms with van der Waals surface area (Å²) in [6.45, 7) is 2.58. The molecule has 2 fully saturated rings. The van der Waals surface area contributed by atoms with Crippen molar-refractivity contribution in [1.29, 1.82) is 0 Å². The fourth-order valence-electron chi connectivity index (χ4n) is 4.07. The molecule has 28 heavy (non-hydrogen) atoms. The molecule has 4 rings (SSSR count). The molecule has 2 aliphatic rings. The van der Waals surface area contributed by atoms with Gasteiger partial charge < -0.3 is 20.0 Å². The molecular formula is C21H25N3O4. The summed E-state index contributed by atoms with van der Waals surface area (Å²) in [6, 6.07) is 8.68. The average molecular weight is 383 g/mol. The van der Waals surface area contributed by atoms with E-state index in [-0.39, 0.29) is 29.3 Å². The summed E-state index contributed by atoms with van der Waals surface area (Å²) in [6.07, 6.45) is 3.71. The Morgan fingerprint density at radius 3 is 2.89 bits per heavy atom. The number of rotatable bonds is 4. The fourth-order valence-corrected chi connectivity index (χ4v) is 4.07. The van der Waals surface area contributed by atoms with Gasteiger partial charge in [0.05, 0.1) is 6.04 Å². The van der Waals surface area contributed by atoms with E-state index in [2.05, 4.69) is 10.6 Å². The molecule has 0 saturated carbocycles. The van der Waals surface area contributed by atoms with Crippen LogP contribution in [0.25, 0.3) is 11.0 Å². The van der Waals surface area contributed by atoms with Gasteiger partial charge in [-0.3, -0.25) is 9.59 Å². The second-order valence-corrected chi connectivity index (χ2v) is 7.64. The first-order valence-corrected chi connectivity index (χ1v) is 9.95. The Morgan fingerprint density at radius 2 is 2.07 bits per heavy atom. The van der Waals surface area contributed by atoms with E-state index >= 15 is 0 Å². The number of nitrogens with one attached hydrogen (secondary N) is 2. The van der Waals surface area contributed by atoms with Gasteiger partial charge in [-0.1, -0.05) is 18.2 Å². The molecule has 2 unspecified atom stereocenters. The third-order valence-corrected chi connectivity index (χ3v) is 5.62. The minimum Gasteiger partial charge on any atom is -0.422 e. The molecule has 2 atom stereocenters. The van der Waals surface area contributed by atoms with Gasteiger partial charge in [-0.25, -0.2) is 4.79 Å². The van der Waals surface area contributed by atoms with Crippen LogP contribution in [-0.4, -0.2) is 48.9 Å². The van der Waals surface area contributed by atoms with Gasteiger partial charge in [0.2, 0.25) is 5.91 Å². The average Bonchev–Trinajstić information content (AvgIpc) is 3.26. The number of carbonyl (C=O) groups is 2. The van der Waals surface area contributed by atoms with E-state index in [1.54, 1.807) is 23.1 Å². The second kappa shape index (κ2) is 8.14. The molecule has 0 aliphatic carbocycles. The van der Waals surface area contributed by atoms with Gasteiger partial charge in [0.15, 0.2) is 0 Å². The van der Waals surface area contributed by atoms with E-state index in [0.717, 1.165) is 37.6 Å². The van der Waals surface area contributed by atoms with Gasteiger partial charge in [-0.15, -0.1) is 0 Å². The quantitative estimate of drug-likeness (QED) is 0.781. The standard InChI is InChI=1S/C21H25N3O4/c25-19(17-7-3-9-22-17)23-12-14-5-4-10-24(13-14)20(26)16-11-15-6-1-2-8-18(15)28-21(16)27/h1-2,6,8,11,14,17,22H,3-5,7,9-10,12-13H2,(H,23,25). The van der Waals surface area contributed by atoms with Crippen LogP contribution in [0.15, 0.2) is 39.5 Å². The van der Waals surface area contributed by atoms with Crippen LogP contribution in [0, 0.1) is 5.92 Å². The summed E-state index contributed by atoms with van der Waals surface area (Å²) in [5.41, 5.74) is -0.0613. The lowest BCUT2D eigenvalue weighted by Crippen LogP contribution is -2.47. The number of amides is 2. The Bertz CT molecular complexity index is 933. The Hall–Kier alpha value is -2.67. The van der Waals surface area contributed by atoms with Gasteiger partial charge >= 0.3 is 5.63 Å². The molecule has 2 aliphatic heterocycles. The van der Waals surface area contributed by atoms with Crippen LogP contribution in [0.2, 0.25) is 0 Å². The number of likely N-dealkylation sites (tertiary alicyclic amines) is 1. The van der Waals surface area contributed by atoms with Crippen molar-refractivity contribution < 1.29 is 14.0 Å². The Balaban J connectivity index is 1.41. The van der Waals surface area contributed by atoms with Crippen LogP contribution < -0.4 is 16.3 Å². The molecule has 1 aromatic carbocycles. The lowest BCUT2D eigenvalue weighted by atomic mass is 9.97. The lowest BCUT2D eigenvalue weighted by Gasteiger charge is -2.33. The first kappa shape index (κ1) is 18.7. The molecule has 148 valence electrons. The third kappa shape index (κ3) is 3.94. The Kier molecular flexibility index (Phi) is 5.43. The van der Waals surface area contributed by atoms with Gasteiger partial charge in [0, 0.05) is 25.0 Å². The number of hydrogen-bond acceptors (Lipinski definition) is 5. The van der Waals surface area contributed by atoms with Crippen molar-refractivity contribution >= 4 is 22.8 Å². The zero-order chi connectivity index (χ0) is 19.5. The first-order chi connectivity index (χ1) is 13.6. The van der Waals surface area contributed by atoms with Crippen molar-refractivity contribution in [2.24, 2.45) is 5.92 Å². The molecule has 7 heteroatoms. The van der Waals surface area contributed by atoms with E-state index in [4.69, 9.17) is 4.42 Å². The smallest absolute Gasteiger partial charge is 0.349 e. The second-order valence-electron chi connectivity index (χ2n) is 7.64. The monoisotopic (exact) mass is 383 g/mol. The summed E-state index contributed by atoms with van der Waals surface area (Å²) in [5, 5.41) is 6.93. The number of fused-ring (bicyclic) bond motifs is 1. The molecule has 2 saturated heterocycles. The number of para-hydroxylation sites is 1. The highest BCUT2D eigenvalue weighted by Crippen LogP contribution is 2.19. The maximum absolute atomic E-state index is 12.9. The molecule has 3 heterocycles. The molecule has 2 N–H and O–H groups in total. The minimum atomic E-state index is -0.605. The topological polar surface area (TPSA) is 91.7 Å². The molecule has 2 amide bonds. The largest absolute Gasteiger partial charge is 0.422 e. The molecule has 7 nitrogen and oxygen atoms in total. The van der Waals surface area contributed by atoms with Crippen molar-refractivity contribution in [3.05, 3.63) is 46.3 Å². The fraction of sp³-hybridized carbons (Fsp3) is 0.476. The van der Waals surface area contributed by atoms with Crippen molar-refractivity contribution in [3.63, 3.8) is 0 Å². The SMILES string of the molecule is O=C(NCC1CCCN(C(=O)c2cc3ccccc3oc2=O)C1)C1CCCN1. The van der Waals surface area contributed by atoms with Crippen molar-refractivity contribution in [2.75, 3.05) is 26.2 Å². The number of carbonyl (C=O) groups excluding carboxylic acids is 2. The van der Waals surface area contributed by atoms with Crippen LogP contribution in [0.1, 0.15) is 36.0 Å². The van der Waals surface area contributed by atoms with Crippen LogP contribution in [0.5, 0.6) is 0 Å². The lowest BCUT2D eigenvalue weighted by molar-refractivity contribution is -0.123. The Morgan fingerprint density at radius 1 is 1.21 bits per heavy atom. The van der Waals surface area contributed by atoms with Crippen molar-refractivity contribution in [1.82, 2.24) is 15.5 Å². The van der Waals surface area contributed by atoms with Gasteiger partial charge in [-0.2, -0.15) is 0 Å². The van der Waals surface area contributed by atoms with E-state index in [0.29, 0.717) is 25.2 Å². The summed E-state index contributed by atoms with van der Waals surface area (Å²) in [4.78, 5) is 39.1. The number of piperidine rings is 1. The van der Waals surface area contributed by atoms with Crippen LogP contribution >= 0.6 is 0 Å². The molecule has 0 spiro atoms. The molecule has 1 aromatic heterocycles. The maximum Gasteiger partial charge on any atom is 0.349 e. The zero-order valence-corrected chi connectivity index (χ0v) is 15.8. The highest BCUT2D eigenvalue weighted by atomic mass is 16.4. The number of hydrogen-bond donors (Lipinski definition) is 2. The summed E-state index contributed by atoms with van der Waals surface area (Å²) in [7, 11) is 0. The molecule has 2 aromatic rings. The highest BCUT2D eigenvalue weighted by Gasteiger charge is 2.28. The molecular weight excluding hydrogens is 358 g/mol. The normalized spacial score (nSPS) is 22.4. The van der Waals surface area contributed by atoms with Crippen molar-refractivity contribution in [3.8, 4) is 0 Å². The van der Waals surface area contributed by atoms with Crippen molar-refractivity contribution in [2.45, 2.75) is 31.7 Å². The van der Waals surface area contributed by atoms with Gasteiger partial charge in [0.25, 0.3) is 5.91 Å². The van der Waals surface area contributed by atoms with E-state index < -0.39 is 5.63 Å². The van der Waals surface area contributed by atoms with Gasteiger partial charge in [0.1, 0.15) is 11.1 Å². The van der Waals surface area contributed by atoms with Crippen LogP contribution in [0.4, 0.5) is 0 Å². The first-order valence-electron chi connectivity index (χ1n) is 9.95. The number of nitrogens with zero attached hydrogens (tertiary/aromatic N) is 1. The van der Waals surface area contributed by atoms with Crippen LogP contribution in [0.3, 0.4) is 0 Å². The van der Waals surface area contributed by atoms with E-state index in [9.17, 15) is 14.4 Å². The Labute approximate surface area is 163 Å². The summed E-state index contributed by atoms with van der Waals surface area (Å²) >= 11 is 0. The van der Waals surface area contributed by atoms with Crippen LogP contribution in [-0.2, 0) is 4.79 Å². The summed E-state index contributed by atoms with van der Waals surface area (Å²) in [5.74, 6) is -0.0698. The minimum absolute atomic E-state index is 0.0381. The van der Waals surface area contributed by atoms with Gasteiger partial charge in [-0.05, 0) is 50.3 Å². The summed E-state index contributed by atoms with van der Waals surface area (Å²) < 4.78 is 5.30. The third-order valence-electron chi connectivity index (χ3n) is 5.62. The maximum atomic E-state index is 12.9. The van der Waals surface area contributed by atoms with E-state index in [1.165, 1.54) is 0 Å². The predicted molar refractivity (Wildman–Crippen MR) is 105 cm³/mol. The molecule has 0 bridgehead atoms. The number of benzene rings is 1. The van der Waals surface area contributed by atoms with E-state index in [1.807, 2.05) is 12.1 Å². The highest BCUT2D eigenvalue weighted by molar-refractivity contribution is 5.96. The molecule has 0 radical (unpaired) electrons. The zero-order valence-electron chi connectivity index (χ0n) is 15.8.